The van der Waals surface area contributed by atoms with E-state index in [0.29, 0.717) is 35.5 Å². The highest BCUT2D eigenvalue weighted by Gasteiger charge is 2.39. The molecule has 0 saturated carbocycles. The van der Waals surface area contributed by atoms with Crippen LogP contribution in [0.3, 0.4) is 0 Å². The number of ether oxygens (including phenoxy) is 1. The summed E-state index contributed by atoms with van der Waals surface area (Å²) in [5, 5.41) is 0. The van der Waals surface area contributed by atoms with E-state index >= 15 is 0 Å². The molecule has 3 atom stereocenters. The molecule has 1 fully saturated rings. The van der Waals surface area contributed by atoms with Gasteiger partial charge in [0.2, 0.25) is 5.52 Å². The average Bonchev–Trinajstić information content (AvgIpc) is 2.84. The Morgan fingerprint density at radius 1 is 1.24 bits per heavy atom. The van der Waals surface area contributed by atoms with Crippen molar-refractivity contribution in [2.75, 3.05) is 25.1 Å². The second-order valence-corrected chi connectivity index (χ2v) is 8.45. The molecule has 0 aliphatic carbocycles. The molecule has 3 aromatic heterocycles. The van der Waals surface area contributed by atoms with Crippen LogP contribution < -0.4 is 10.5 Å². The van der Waals surface area contributed by atoms with Crippen LogP contribution in [-0.4, -0.2) is 57.7 Å². The first-order valence-electron chi connectivity index (χ1n) is 10.8. The Balaban J connectivity index is 1.73. The number of rotatable bonds is 4. The van der Waals surface area contributed by atoms with Gasteiger partial charge in [0.15, 0.2) is 6.04 Å². The fourth-order valence-corrected chi connectivity index (χ4v) is 4.52. The Morgan fingerprint density at radius 2 is 2.00 bits per heavy atom. The van der Waals surface area contributed by atoms with Crippen molar-refractivity contribution in [3.05, 3.63) is 69.8 Å². The lowest BCUT2D eigenvalue weighted by Crippen LogP contribution is -2.58. The highest BCUT2D eigenvalue weighted by Crippen LogP contribution is 2.33. The molecule has 1 aliphatic heterocycles. The van der Waals surface area contributed by atoms with E-state index in [1.165, 1.54) is 23.8 Å². The van der Waals surface area contributed by atoms with Crippen LogP contribution in [0.5, 0.6) is 0 Å². The first-order valence-corrected chi connectivity index (χ1v) is 10.8. The maximum Gasteiger partial charge on any atom is 0.329 e. The molecule has 0 bridgehead atoms. The number of carbonyl (C=O) groups is 1. The monoisotopic (exact) mass is 464 g/mol. The van der Waals surface area contributed by atoms with Crippen molar-refractivity contribution in [1.82, 2.24) is 19.4 Å². The fourth-order valence-electron chi connectivity index (χ4n) is 4.52. The summed E-state index contributed by atoms with van der Waals surface area (Å²) in [4.78, 5) is 41.5. The first kappa shape index (κ1) is 23.3. The number of piperazine rings is 1. The van der Waals surface area contributed by atoms with Gasteiger partial charge in [0, 0.05) is 38.3 Å². The summed E-state index contributed by atoms with van der Waals surface area (Å²) in [5.74, 6) is -0.712. The molecular formula is C24H25FN6O3. The van der Waals surface area contributed by atoms with Gasteiger partial charge < -0.3 is 19.0 Å². The number of hydrogen-bond donors (Lipinski definition) is 0. The van der Waals surface area contributed by atoms with Gasteiger partial charge in [0.25, 0.3) is 11.4 Å². The van der Waals surface area contributed by atoms with Crippen LogP contribution in [0, 0.1) is 12.4 Å². The third-order valence-electron chi connectivity index (χ3n) is 6.30. The summed E-state index contributed by atoms with van der Waals surface area (Å²) in [6, 6.07) is 6.59. The first-order chi connectivity index (χ1) is 16.2. The van der Waals surface area contributed by atoms with Crippen molar-refractivity contribution in [2.45, 2.75) is 32.0 Å². The van der Waals surface area contributed by atoms with E-state index in [0.717, 1.165) is 6.20 Å². The lowest BCUT2D eigenvalue weighted by atomic mass is 10.0. The van der Waals surface area contributed by atoms with Gasteiger partial charge >= 0.3 is 5.97 Å². The van der Waals surface area contributed by atoms with Gasteiger partial charge in [-0.3, -0.25) is 14.7 Å². The molecule has 3 aromatic rings. The van der Waals surface area contributed by atoms with Crippen molar-refractivity contribution in [2.24, 2.45) is 7.05 Å². The zero-order chi connectivity index (χ0) is 24.6. The fraction of sp³-hybridized carbons (Fsp3) is 0.375. The Bertz CT molecular complexity index is 1330. The third-order valence-corrected chi connectivity index (χ3v) is 6.30. The molecule has 4 heterocycles. The number of pyridine rings is 3. The Labute approximate surface area is 196 Å². The molecule has 0 aromatic carbocycles. The van der Waals surface area contributed by atoms with Crippen molar-refractivity contribution >= 4 is 28.5 Å². The molecule has 176 valence electrons. The molecule has 34 heavy (non-hydrogen) atoms. The van der Waals surface area contributed by atoms with Crippen LogP contribution >= 0.6 is 0 Å². The van der Waals surface area contributed by atoms with Crippen LogP contribution in [0.2, 0.25) is 0 Å². The lowest BCUT2D eigenvalue weighted by molar-refractivity contribution is -0.149. The molecule has 1 aliphatic rings. The quantitative estimate of drug-likeness (QED) is 0.434. The Hall–Kier alpha value is -3.84. The Morgan fingerprint density at radius 3 is 2.65 bits per heavy atom. The van der Waals surface area contributed by atoms with E-state index < -0.39 is 17.8 Å². The standard InChI is InChI=1S/C24H25FN6O3/c1-14-13-31(23(24(33)34-5)17-7-6-16(25)11-27-17)15(2)12-30(14)19-10-21(32)29(4)18-8-9-20(26-3)28-22(18)19/h6-11,14-15,23H,12-13H2,1-2,4-5H3/t14-,15+,23?/m0/s1. The van der Waals surface area contributed by atoms with Crippen LogP contribution in [0.15, 0.2) is 41.3 Å². The highest BCUT2D eigenvalue weighted by atomic mass is 19.1. The van der Waals surface area contributed by atoms with E-state index in [9.17, 15) is 14.0 Å². The molecule has 10 heteroatoms. The molecule has 0 spiro atoms. The number of fused-ring (bicyclic) bond motifs is 1. The smallest absolute Gasteiger partial charge is 0.329 e. The maximum absolute atomic E-state index is 13.4. The van der Waals surface area contributed by atoms with E-state index in [2.05, 4.69) is 19.7 Å². The molecule has 0 radical (unpaired) electrons. The molecule has 9 nitrogen and oxygen atoms in total. The largest absolute Gasteiger partial charge is 0.468 e. The normalized spacial score (nSPS) is 19.6. The number of anilines is 1. The van der Waals surface area contributed by atoms with Gasteiger partial charge in [-0.05, 0) is 38.1 Å². The minimum absolute atomic E-state index is 0.113. The highest BCUT2D eigenvalue weighted by molar-refractivity contribution is 5.89. The number of methoxy groups -OCH3 is 1. The van der Waals surface area contributed by atoms with Crippen LogP contribution in [0.4, 0.5) is 15.9 Å². The second kappa shape index (κ2) is 9.19. The number of aryl methyl sites for hydroxylation is 1. The minimum Gasteiger partial charge on any atom is -0.468 e. The summed E-state index contributed by atoms with van der Waals surface area (Å²) in [6.45, 7) is 12.2. The zero-order valence-corrected chi connectivity index (χ0v) is 19.4. The molecule has 0 amide bonds. The Kier molecular flexibility index (Phi) is 6.30. The molecular weight excluding hydrogens is 439 g/mol. The van der Waals surface area contributed by atoms with Gasteiger partial charge in [0.05, 0.1) is 30.2 Å². The zero-order valence-electron chi connectivity index (χ0n) is 19.4. The number of aromatic nitrogens is 3. The van der Waals surface area contributed by atoms with E-state index in [4.69, 9.17) is 11.3 Å². The lowest BCUT2D eigenvalue weighted by Gasteiger charge is -2.47. The third kappa shape index (κ3) is 4.10. The van der Waals surface area contributed by atoms with E-state index in [1.807, 2.05) is 18.7 Å². The van der Waals surface area contributed by atoms with E-state index in [-0.39, 0.29) is 23.5 Å². The van der Waals surface area contributed by atoms with Gasteiger partial charge in [-0.15, -0.1) is 4.98 Å². The van der Waals surface area contributed by atoms with Crippen molar-refractivity contribution in [3.63, 3.8) is 0 Å². The second-order valence-electron chi connectivity index (χ2n) is 8.45. The molecule has 1 unspecified atom stereocenters. The predicted octanol–water partition coefficient (Wildman–Crippen LogP) is 2.83. The number of esters is 1. The van der Waals surface area contributed by atoms with Crippen molar-refractivity contribution in [3.8, 4) is 0 Å². The molecule has 4 rings (SSSR count). The van der Waals surface area contributed by atoms with Gasteiger partial charge in [0.1, 0.15) is 5.82 Å². The SMILES string of the molecule is [C-]#[N+]c1ccc2c(n1)c(N1C[C@@H](C)N(C(C(=O)OC)c3ccc(F)cn3)C[C@@H]1C)cc(=O)n2C. The average molecular weight is 465 g/mol. The van der Waals surface area contributed by atoms with Crippen LogP contribution in [0.1, 0.15) is 25.6 Å². The molecule has 0 N–H and O–H groups in total. The summed E-state index contributed by atoms with van der Waals surface area (Å²) in [5.41, 5.74) is 2.10. The van der Waals surface area contributed by atoms with Gasteiger partial charge in [-0.1, -0.05) is 6.57 Å². The minimum atomic E-state index is -0.794. The predicted molar refractivity (Wildman–Crippen MR) is 125 cm³/mol. The van der Waals surface area contributed by atoms with Crippen molar-refractivity contribution < 1.29 is 13.9 Å². The van der Waals surface area contributed by atoms with Crippen LogP contribution in [-0.2, 0) is 16.6 Å². The van der Waals surface area contributed by atoms with Gasteiger partial charge in [-0.2, -0.15) is 0 Å². The summed E-state index contributed by atoms with van der Waals surface area (Å²) >= 11 is 0. The topological polar surface area (TPSA) is 84.9 Å². The van der Waals surface area contributed by atoms with E-state index in [1.54, 1.807) is 25.2 Å². The number of carbonyl (C=O) groups excluding carboxylic acids is 1. The van der Waals surface area contributed by atoms with Crippen LogP contribution in [0.25, 0.3) is 15.9 Å². The summed E-state index contributed by atoms with van der Waals surface area (Å²) in [7, 11) is 2.99. The van der Waals surface area contributed by atoms with Crippen molar-refractivity contribution in [1.29, 1.82) is 0 Å². The molecule has 1 saturated heterocycles. The van der Waals surface area contributed by atoms with Gasteiger partial charge in [-0.25, -0.2) is 9.18 Å². The number of halogens is 1. The number of nitrogens with zero attached hydrogens (tertiary/aromatic N) is 6. The summed E-state index contributed by atoms with van der Waals surface area (Å²) in [6.07, 6.45) is 1.09. The summed E-state index contributed by atoms with van der Waals surface area (Å²) < 4.78 is 20.0. The number of hydrogen-bond acceptors (Lipinski definition) is 7. The maximum atomic E-state index is 13.4.